The summed E-state index contributed by atoms with van der Waals surface area (Å²) in [6.45, 7) is 4.18. The van der Waals surface area contributed by atoms with Crippen molar-refractivity contribution in [3.63, 3.8) is 0 Å². The van der Waals surface area contributed by atoms with Gasteiger partial charge in [-0.15, -0.1) is 0 Å². The van der Waals surface area contributed by atoms with Crippen LogP contribution in [0.15, 0.2) is 18.2 Å². The predicted octanol–water partition coefficient (Wildman–Crippen LogP) is 4.36. The largest absolute Gasteiger partial charge is 0.489 e. The van der Waals surface area contributed by atoms with Crippen LogP contribution < -0.4 is 4.74 Å². The predicted molar refractivity (Wildman–Crippen MR) is 80.1 cm³/mol. The molecule has 1 atom stereocenters. The zero-order valence-corrected chi connectivity index (χ0v) is 12.6. The van der Waals surface area contributed by atoms with Gasteiger partial charge in [0.2, 0.25) is 0 Å². The lowest BCUT2D eigenvalue weighted by Crippen LogP contribution is -2.56. The van der Waals surface area contributed by atoms with E-state index in [1.807, 2.05) is 0 Å². The number of hydrogen-bond acceptors (Lipinski definition) is 2. The molecule has 0 aromatic heterocycles. The summed E-state index contributed by atoms with van der Waals surface area (Å²) in [4.78, 5) is 12.2. The molecular formula is C18H24O2. The van der Waals surface area contributed by atoms with Crippen molar-refractivity contribution in [2.75, 3.05) is 0 Å². The van der Waals surface area contributed by atoms with Gasteiger partial charge in [0.1, 0.15) is 17.6 Å². The molecule has 1 unspecified atom stereocenters. The lowest BCUT2D eigenvalue weighted by molar-refractivity contribution is -0.154. The molecule has 108 valence electrons. The van der Waals surface area contributed by atoms with Crippen LogP contribution in [0.1, 0.15) is 56.1 Å². The van der Waals surface area contributed by atoms with Gasteiger partial charge in [-0.05, 0) is 38.3 Å². The number of ether oxygens (including phenoxy) is 1. The fourth-order valence-electron chi connectivity index (χ4n) is 3.82. The number of ketones is 1. The molecule has 0 N–H and O–H groups in total. The maximum absolute atomic E-state index is 12.2. The summed E-state index contributed by atoms with van der Waals surface area (Å²) in [5.41, 5.74) is 2.27. The number of Topliss-reactive ketones (excluding diaryl/α,β-unsaturated/α-hetero) is 1. The van der Waals surface area contributed by atoms with Crippen molar-refractivity contribution in [2.45, 2.75) is 64.9 Å². The Labute approximate surface area is 121 Å². The van der Waals surface area contributed by atoms with E-state index in [-0.39, 0.29) is 11.5 Å². The van der Waals surface area contributed by atoms with Gasteiger partial charge in [0.15, 0.2) is 0 Å². The SMILES string of the molecule is Cc1ccc(OC2CC(=O)C23CCCCCC3)c(C)c1. The van der Waals surface area contributed by atoms with Gasteiger partial charge in [-0.1, -0.05) is 43.4 Å². The van der Waals surface area contributed by atoms with Crippen molar-refractivity contribution in [1.82, 2.24) is 0 Å². The van der Waals surface area contributed by atoms with Gasteiger partial charge >= 0.3 is 0 Å². The highest BCUT2D eigenvalue weighted by Crippen LogP contribution is 2.49. The van der Waals surface area contributed by atoms with Gasteiger partial charge in [0.25, 0.3) is 0 Å². The van der Waals surface area contributed by atoms with Gasteiger partial charge in [-0.3, -0.25) is 4.79 Å². The number of carbonyl (C=O) groups is 1. The molecule has 2 aliphatic rings. The van der Waals surface area contributed by atoms with Crippen LogP contribution in [0.2, 0.25) is 0 Å². The zero-order chi connectivity index (χ0) is 14.2. The third kappa shape index (κ3) is 2.25. The summed E-state index contributed by atoms with van der Waals surface area (Å²) < 4.78 is 6.23. The molecule has 1 aromatic carbocycles. The Hall–Kier alpha value is -1.31. The van der Waals surface area contributed by atoms with Crippen LogP contribution in [-0.4, -0.2) is 11.9 Å². The molecule has 1 spiro atoms. The molecule has 0 amide bonds. The van der Waals surface area contributed by atoms with E-state index in [1.165, 1.54) is 36.8 Å². The molecule has 0 bridgehead atoms. The second-order valence-electron chi connectivity index (χ2n) is 6.57. The maximum atomic E-state index is 12.2. The average Bonchev–Trinajstić information content (AvgIpc) is 2.69. The lowest BCUT2D eigenvalue weighted by atomic mass is 9.60. The molecule has 20 heavy (non-hydrogen) atoms. The Morgan fingerprint density at radius 2 is 1.80 bits per heavy atom. The standard InChI is InChI=1S/C18H24O2/c1-13-7-8-15(14(2)11-13)20-17-12-16(19)18(17)9-5-3-4-6-10-18/h7-8,11,17H,3-6,9-10,12H2,1-2H3. The Morgan fingerprint density at radius 1 is 1.10 bits per heavy atom. The smallest absolute Gasteiger partial charge is 0.146 e. The number of carbonyl (C=O) groups excluding carboxylic acids is 1. The van der Waals surface area contributed by atoms with Crippen molar-refractivity contribution in [3.8, 4) is 5.75 Å². The Morgan fingerprint density at radius 3 is 2.40 bits per heavy atom. The van der Waals surface area contributed by atoms with E-state index in [1.54, 1.807) is 0 Å². The molecule has 0 heterocycles. The molecule has 2 heteroatoms. The van der Waals surface area contributed by atoms with E-state index in [4.69, 9.17) is 4.74 Å². The van der Waals surface area contributed by atoms with Crippen molar-refractivity contribution in [2.24, 2.45) is 5.41 Å². The average molecular weight is 272 g/mol. The van der Waals surface area contributed by atoms with E-state index in [0.717, 1.165) is 18.6 Å². The van der Waals surface area contributed by atoms with E-state index in [2.05, 4.69) is 32.0 Å². The second-order valence-corrected chi connectivity index (χ2v) is 6.57. The molecule has 0 saturated heterocycles. The van der Waals surface area contributed by atoms with Gasteiger partial charge in [0, 0.05) is 6.42 Å². The topological polar surface area (TPSA) is 26.3 Å². The molecular weight excluding hydrogens is 248 g/mol. The van der Waals surface area contributed by atoms with Gasteiger partial charge in [-0.2, -0.15) is 0 Å². The molecule has 0 radical (unpaired) electrons. The van der Waals surface area contributed by atoms with Crippen LogP contribution >= 0.6 is 0 Å². The monoisotopic (exact) mass is 272 g/mol. The first-order valence-corrected chi connectivity index (χ1v) is 7.89. The quantitative estimate of drug-likeness (QED) is 0.799. The summed E-state index contributed by atoms with van der Waals surface area (Å²) in [5.74, 6) is 1.39. The van der Waals surface area contributed by atoms with Crippen LogP contribution in [0.5, 0.6) is 5.75 Å². The van der Waals surface area contributed by atoms with Crippen LogP contribution in [0, 0.1) is 19.3 Å². The highest BCUT2D eigenvalue weighted by Gasteiger charge is 2.55. The second kappa shape index (κ2) is 5.23. The molecule has 1 aromatic rings. The maximum Gasteiger partial charge on any atom is 0.146 e. The third-order valence-corrected chi connectivity index (χ3v) is 5.14. The first-order chi connectivity index (χ1) is 9.62. The fraction of sp³-hybridized carbons (Fsp3) is 0.611. The third-order valence-electron chi connectivity index (χ3n) is 5.14. The minimum atomic E-state index is -0.159. The summed E-state index contributed by atoms with van der Waals surface area (Å²) in [6.07, 6.45) is 7.67. The van der Waals surface area contributed by atoms with E-state index in [9.17, 15) is 4.79 Å². The van der Waals surface area contributed by atoms with Crippen LogP contribution in [0.3, 0.4) is 0 Å². The van der Waals surface area contributed by atoms with E-state index in [0.29, 0.717) is 12.2 Å². The first kappa shape index (κ1) is 13.7. The van der Waals surface area contributed by atoms with E-state index >= 15 is 0 Å². The molecule has 0 aliphatic heterocycles. The Bertz CT molecular complexity index is 510. The van der Waals surface area contributed by atoms with Gasteiger partial charge in [-0.25, -0.2) is 0 Å². The Kier molecular flexibility index (Phi) is 3.57. The first-order valence-electron chi connectivity index (χ1n) is 7.89. The summed E-state index contributed by atoms with van der Waals surface area (Å²) in [6, 6.07) is 6.29. The minimum absolute atomic E-state index is 0.106. The van der Waals surface area contributed by atoms with E-state index < -0.39 is 0 Å². The number of rotatable bonds is 2. The van der Waals surface area contributed by atoms with Crippen LogP contribution in [-0.2, 0) is 4.79 Å². The number of benzene rings is 1. The summed E-state index contributed by atoms with van der Waals surface area (Å²) in [7, 11) is 0. The normalized spacial score (nSPS) is 25.1. The molecule has 2 saturated carbocycles. The van der Waals surface area contributed by atoms with Gasteiger partial charge < -0.3 is 4.74 Å². The molecule has 2 aliphatic carbocycles. The summed E-state index contributed by atoms with van der Waals surface area (Å²) in [5, 5.41) is 0. The van der Waals surface area contributed by atoms with Crippen molar-refractivity contribution >= 4 is 5.78 Å². The minimum Gasteiger partial charge on any atom is -0.489 e. The highest BCUT2D eigenvalue weighted by molar-refractivity contribution is 5.92. The van der Waals surface area contributed by atoms with Crippen molar-refractivity contribution in [3.05, 3.63) is 29.3 Å². The van der Waals surface area contributed by atoms with Gasteiger partial charge in [0.05, 0.1) is 5.41 Å². The van der Waals surface area contributed by atoms with Crippen LogP contribution in [0.4, 0.5) is 0 Å². The number of hydrogen-bond donors (Lipinski definition) is 0. The highest BCUT2D eigenvalue weighted by atomic mass is 16.5. The lowest BCUT2D eigenvalue weighted by Gasteiger charge is -2.47. The molecule has 3 rings (SSSR count). The fourth-order valence-corrected chi connectivity index (χ4v) is 3.82. The van der Waals surface area contributed by atoms with Crippen molar-refractivity contribution < 1.29 is 9.53 Å². The summed E-state index contributed by atoms with van der Waals surface area (Å²) >= 11 is 0. The number of aryl methyl sites for hydroxylation is 2. The van der Waals surface area contributed by atoms with Crippen molar-refractivity contribution in [1.29, 1.82) is 0 Å². The zero-order valence-electron chi connectivity index (χ0n) is 12.6. The Balaban J connectivity index is 1.78. The molecule has 2 nitrogen and oxygen atoms in total. The molecule has 2 fully saturated rings. The van der Waals surface area contributed by atoms with Crippen LogP contribution in [0.25, 0.3) is 0 Å².